The van der Waals surface area contributed by atoms with E-state index in [9.17, 15) is 14.4 Å². The largest absolute Gasteiger partial charge is 0.375 e. The van der Waals surface area contributed by atoms with Crippen LogP contribution in [0.4, 0.5) is 11.5 Å². The van der Waals surface area contributed by atoms with Crippen molar-refractivity contribution in [3.63, 3.8) is 0 Å². The van der Waals surface area contributed by atoms with Crippen molar-refractivity contribution < 1.29 is 19.1 Å². The van der Waals surface area contributed by atoms with Gasteiger partial charge in [-0.2, -0.15) is 0 Å². The number of aromatic nitrogens is 1. The first-order valence-electron chi connectivity index (χ1n) is 12.7. The normalized spacial score (nSPS) is 23.5. The molecule has 5 rings (SSSR count). The summed E-state index contributed by atoms with van der Waals surface area (Å²) in [7, 11) is 0. The van der Waals surface area contributed by atoms with Gasteiger partial charge in [-0.3, -0.25) is 19.3 Å². The predicted molar refractivity (Wildman–Crippen MR) is 136 cm³/mol. The van der Waals surface area contributed by atoms with Gasteiger partial charge in [-0.15, -0.1) is 0 Å². The first kappa shape index (κ1) is 24.2. The Morgan fingerprint density at radius 1 is 1.22 bits per heavy atom. The van der Waals surface area contributed by atoms with Crippen LogP contribution in [0.3, 0.4) is 0 Å². The number of fused-ring (bicyclic) bond motifs is 3. The number of ether oxygens (including phenoxy) is 1. The van der Waals surface area contributed by atoms with E-state index in [0.29, 0.717) is 56.6 Å². The van der Waals surface area contributed by atoms with Gasteiger partial charge in [0.15, 0.2) is 0 Å². The minimum Gasteiger partial charge on any atom is -0.375 e. The maximum atomic E-state index is 13.3. The molecular weight excluding hydrogens is 458 g/mol. The highest BCUT2D eigenvalue weighted by atomic mass is 16.5. The number of para-hydroxylation sites is 1. The molecule has 4 heterocycles. The summed E-state index contributed by atoms with van der Waals surface area (Å²) in [4.78, 5) is 48.8. The van der Waals surface area contributed by atoms with E-state index >= 15 is 0 Å². The Balaban J connectivity index is 1.14. The van der Waals surface area contributed by atoms with E-state index < -0.39 is 5.66 Å². The predicted octanol–water partition coefficient (Wildman–Crippen LogP) is 2.70. The van der Waals surface area contributed by atoms with Crippen molar-refractivity contribution in [1.29, 1.82) is 0 Å². The van der Waals surface area contributed by atoms with Crippen LogP contribution in [0.5, 0.6) is 0 Å². The Bertz CT molecular complexity index is 1150. The molecule has 0 bridgehead atoms. The zero-order valence-corrected chi connectivity index (χ0v) is 20.9. The fourth-order valence-electron chi connectivity index (χ4n) is 5.46. The molecule has 2 saturated heterocycles. The standard InChI is InChI=1S/C27H33N5O4/c1-19-18-30(14-15-36-19)23-10-9-20(16-28-23)17-29-24(33)8-5-13-31-26(35)21-6-3-4-7-22(21)32-25(34)11-12-27(31,32)2/h3-4,6-7,9-10,16,19H,5,8,11-15,17-18H2,1-2H3,(H,29,33). The van der Waals surface area contributed by atoms with E-state index in [2.05, 4.69) is 22.1 Å². The summed E-state index contributed by atoms with van der Waals surface area (Å²) in [5.74, 6) is 0.791. The first-order chi connectivity index (χ1) is 17.4. The number of anilines is 2. The van der Waals surface area contributed by atoms with E-state index in [0.717, 1.165) is 24.5 Å². The maximum Gasteiger partial charge on any atom is 0.257 e. The lowest BCUT2D eigenvalue weighted by molar-refractivity contribution is -0.121. The molecule has 2 aromatic rings. The molecular formula is C27H33N5O4. The molecule has 2 atom stereocenters. The van der Waals surface area contributed by atoms with Crippen LogP contribution in [-0.2, 0) is 20.9 Å². The molecule has 0 saturated carbocycles. The Kier molecular flexibility index (Phi) is 6.66. The molecule has 3 aliphatic rings. The second kappa shape index (κ2) is 9.89. The number of amides is 3. The topological polar surface area (TPSA) is 95.1 Å². The average molecular weight is 492 g/mol. The highest BCUT2D eigenvalue weighted by molar-refractivity contribution is 6.10. The molecule has 36 heavy (non-hydrogen) atoms. The van der Waals surface area contributed by atoms with Gasteiger partial charge in [-0.05, 0) is 50.5 Å². The summed E-state index contributed by atoms with van der Waals surface area (Å²) in [5, 5.41) is 2.95. The van der Waals surface area contributed by atoms with Gasteiger partial charge in [0.25, 0.3) is 5.91 Å². The number of hydrogen-bond acceptors (Lipinski definition) is 6. The summed E-state index contributed by atoms with van der Waals surface area (Å²) in [6, 6.07) is 11.2. The molecule has 3 amide bonds. The number of benzene rings is 1. The second-order valence-electron chi connectivity index (χ2n) is 9.95. The van der Waals surface area contributed by atoms with Gasteiger partial charge in [0.1, 0.15) is 11.5 Å². The number of nitrogens with one attached hydrogen (secondary N) is 1. The molecule has 1 N–H and O–H groups in total. The van der Waals surface area contributed by atoms with Crippen molar-refractivity contribution >= 4 is 29.2 Å². The first-order valence-corrected chi connectivity index (χ1v) is 12.7. The molecule has 9 nitrogen and oxygen atoms in total. The van der Waals surface area contributed by atoms with Gasteiger partial charge in [0.05, 0.1) is 24.0 Å². The zero-order chi connectivity index (χ0) is 25.3. The highest BCUT2D eigenvalue weighted by Gasteiger charge is 2.52. The Morgan fingerprint density at radius 3 is 2.83 bits per heavy atom. The second-order valence-corrected chi connectivity index (χ2v) is 9.95. The fourth-order valence-corrected chi connectivity index (χ4v) is 5.46. The van der Waals surface area contributed by atoms with Crippen LogP contribution in [0, 0.1) is 0 Å². The SMILES string of the molecule is CC1CN(c2ccc(CNC(=O)CCCN3C(=O)c4ccccc4N4C(=O)CCC34C)cn2)CCO1. The van der Waals surface area contributed by atoms with Crippen molar-refractivity contribution in [3.8, 4) is 0 Å². The van der Waals surface area contributed by atoms with E-state index in [-0.39, 0.29) is 23.8 Å². The summed E-state index contributed by atoms with van der Waals surface area (Å²) in [6.07, 6.45) is 3.80. The van der Waals surface area contributed by atoms with Gasteiger partial charge in [0, 0.05) is 45.2 Å². The zero-order valence-electron chi connectivity index (χ0n) is 20.9. The van der Waals surface area contributed by atoms with Gasteiger partial charge in [0.2, 0.25) is 11.8 Å². The van der Waals surface area contributed by atoms with Crippen LogP contribution in [0.2, 0.25) is 0 Å². The summed E-state index contributed by atoms with van der Waals surface area (Å²) >= 11 is 0. The Morgan fingerprint density at radius 2 is 2.06 bits per heavy atom. The Labute approximate surface area is 211 Å². The van der Waals surface area contributed by atoms with Crippen LogP contribution in [0.1, 0.15) is 55.5 Å². The minimum absolute atomic E-state index is 0.0305. The smallest absolute Gasteiger partial charge is 0.257 e. The molecule has 2 unspecified atom stereocenters. The summed E-state index contributed by atoms with van der Waals surface area (Å²) in [5.41, 5.74) is 1.47. The number of carbonyl (C=O) groups is 3. The summed E-state index contributed by atoms with van der Waals surface area (Å²) in [6.45, 7) is 7.16. The molecule has 190 valence electrons. The van der Waals surface area contributed by atoms with Crippen molar-refractivity contribution in [2.45, 2.75) is 57.8 Å². The number of carbonyl (C=O) groups excluding carboxylic acids is 3. The number of morpholine rings is 1. The molecule has 2 fully saturated rings. The fraction of sp³-hybridized carbons (Fsp3) is 0.481. The minimum atomic E-state index is -0.690. The molecule has 0 radical (unpaired) electrons. The van der Waals surface area contributed by atoms with Crippen LogP contribution in [0.25, 0.3) is 0 Å². The Hall–Kier alpha value is -3.46. The lowest BCUT2D eigenvalue weighted by Crippen LogP contribution is -2.62. The van der Waals surface area contributed by atoms with Gasteiger partial charge in [-0.25, -0.2) is 4.98 Å². The number of nitrogens with zero attached hydrogens (tertiary/aromatic N) is 4. The lowest BCUT2D eigenvalue weighted by atomic mass is 9.98. The maximum absolute atomic E-state index is 13.3. The monoisotopic (exact) mass is 491 g/mol. The lowest BCUT2D eigenvalue weighted by Gasteiger charge is -2.48. The van der Waals surface area contributed by atoms with Crippen LogP contribution >= 0.6 is 0 Å². The quantitative estimate of drug-likeness (QED) is 0.640. The van der Waals surface area contributed by atoms with E-state index in [1.165, 1.54) is 0 Å². The van der Waals surface area contributed by atoms with Gasteiger partial charge < -0.3 is 19.9 Å². The van der Waals surface area contributed by atoms with Gasteiger partial charge >= 0.3 is 0 Å². The molecule has 3 aliphatic heterocycles. The van der Waals surface area contributed by atoms with Crippen molar-refractivity contribution in [1.82, 2.24) is 15.2 Å². The molecule has 9 heteroatoms. The van der Waals surface area contributed by atoms with E-state index in [1.54, 1.807) is 22.1 Å². The number of rotatable bonds is 7. The third-order valence-electron chi connectivity index (χ3n) is 7.40. The third-order valence-corrected chi connectivity index (χ3v) is 7.40. The van der Waals surface area contributed by atoms with Crippen molar-refractivity contribution in [2.75, 3.05) is 36.0 Å². The molecule has 1 aromatic carbocycles. The third kappa shape index (κ3) is 4.55. The van der Waals surface area contributed by atoms with E-state index in [1.807, 2.05) is 37.3 Å². The van der Waals surface area contributed by atoms with Gasteiger partial charge in [-0.1, -0.05) is 18.2 Å². The molecule has 1 aromatic heterocycles. The summed E-state index contributed by atoms with van der Waals surface area (Å²) < 4.78 is 5.59. The van der Waals surface area contributed by atoms with E-state index in [4.69, 9.17) is 4.74 Å². The molecule has 0 spiro atoms. The highest BCUT2D eigenvalue weighted by Crippen LogP contribution is 2.44. The van der Waals surface area contributed by atoms with Crippen LogP contribution < -0.4 is 15.1 Å². The molecule has 0 aliphatic carbocycles. The van der Waals surface area contributed by atoms with Crippen LogP contribution in [0.15, 0.2) is 42.6 Å². The van der Waals surface area contributed by atoms with Crippen molar-refractivity contribution in [3.05, 3.63) is 53.7 Å². The number of hydrogen-bond donors (Lipinski definition) is 1. The van der Waals surface area contributed by atoms with Crippen LogP contribution in [-0.4, -0.2) is 65.6 Å². The number of pyridine rings is 1. The average Bonchev–Trinajstić information content (AvgIpc) is 3.20. The van der Waals surface area contributed by atoms with Crippen molar-refractivity contribution in [2.24, 2.45) is 0 Å².